The molecule has 8 heteroatoms. The highest BCUT2D eigenvalue weighted by Crippen LogP contribution is 2.35. The van der Waals surface area contributed by atoms with Crippen LogP contribution in [0.2, 0.25) is 10.0 Å². The zero-order valence-corrected chi connectivity index (χ0v) is 18.5. The highest BCUT2D eigenvalue weighted by molar-refractivity contribution is 7.99. The van der Waals surface area contributed by atoms with E-state index in [0.717, 1.165) is 21.6 Å². The number of carbonyl (C=O) groups is 2. The van der Waals surface area contributed by atoms with E-state index in [2.05, 4.69) is 10.6 Å². The normalized spacial score (nSPS) is 16.3. The number of hydrogen-bond acceptors (Lipinski definition) is 4. The summed E-state index contributed by atoms with van der Waals surface area (Å²) < 4.78 is 5.03. The van der Waals surface area contributed by atoms with Crippen LogP contribution in [0.5, 0.6) is 0 Å². The summed E-state index contributed by atoms with van der Waals surface area (Å²) in [6, 6.07) is 10.1. The number of ether oxygens (including phenoxy) is 1. The molecule has 0 aliphatic carbocycles. The molecule has 1 aliphatic heterocycles. The van der Waals surface area contributed by atoms with Gasteiger partial charge >= 0.3 is 12.0 Å². The van der Waals surface area contributed by atoms with Gasteiger partial charge in [-0.15, -0.1) is 11.8 Å². The third kappa shape index (κ3) is 4.89. The number of rotatable bonds is 5. The van der Waals surface area contributed by atoms with Gasteiger partial charge in [0.15, 0.2) is 0 Å². The lowest BCUT2D eigenvalue weighted by atomic mass is 9.91. The van der Waals surface area contributed by atoms with Gasteiger partial charge in [0.25, 0.3) is 0 Å². The van der Waals surface area contributed by atoms with E-state index in [0.29, 0.717) is 27.1 Å². The number of thioether (sulfide) groups is 1. The van der Waals surface area contributed by atoms with Crippen molar-refractivity contribution in [2.24, 2.45) is 0 Å². The van der Waals surface area contributed by atoms with Crippen molar-refractivity contribution in [1.82, 2.24) is 10.6 Å². The molecule has 29 heavy (non-hydrogen) atoms. The van der Waals surface area contributed by atoms with Gasteiger partial charge in [-0.25, -0.2) is 9.59 Å². The van der Waals surface area contributed by atoms with E-state index < -0.39 is 12.0 Å². The van der Waals surface area contributed by atoms with Crippen molar-refractivity contribution in [2.45, 2.75) is 24.8 Å². The summed E-state index contributed by atoms with van der Waals surface area (Å²) in [5.74, 6) is -0.185. The maximum atomic E-state index is 12.7. The third-order valence-corrected chi connectivity index (χ3v) is 6.33. The number of carbonyl (C=O) groups excluding carboxylic acids is 2. The summed E-state index contributed by atoms with van der Waals surface area (Å²) >= 11 is 13.7. The monoisotopic (exact) mass is 450 g/mol. The highest BCUT2D eigenvalue weighted by Gasteiger charge is 2.34. The predicted molar refractivity (Wildman–Crippen MR) is 117 cm³/mol. The Kier molecular flexibility index (Phi) is 6.77. The Bertz CT molecular complexity index is 1010. The second kappa shape index (κ2) is 9.11. The number of halogens is 2. The minimum absolute atomic E-state index is 0.319. The number of amides is 2. The minimum atomic E-state index is -0.610. The summed E-state index contributed by atoms with van der Waals surface area (Å²) in [6.07, 6.45) is 0. The van der Waals surface area contributed by atoms with E-state index in [-0.39, 0.29) is 6.03 Å². The SMILES string of the molecule is COC(=O)C1=C(CSc2cc(Cl)ccc2Cl)NC(=O)NC1c1cc(C)ccc1C. The fourth-order valence-corrected chi connectivity index (χ4v) is 4.59. The number of hydrogen-bond donors (Lipinski definition) is 2. The standard InChI is InChI=1S/C21H20Cl2N2O3S/c1-11-4-5-12(2)14(8-11)19-18(20(26)28-3)16(24-21(27)25-19)10-29-17-9-13(22)6-7-15(17)23/h4-9,19H,10H2,1-3H3,(H2,24,25,27). The first-order valence-electron chi connectivity index (χ1n) is 8.84. The zero-order valence-electron chi connectivity index (χ0n) is 16.1. The van der Waals surface area contributed by atoms with E-state index >= 15 is 0 Å². The summed E-state index contributed by atoms with van der Waals surface area (Å²) in [5, 5.41) is 6.71. The summed E-state index contributed by atoms with van der Waals surface area (Å²) in [4.78, 5) is 25.8. The lowest BCUT2D eigenvalue weighted by Crippen LogP contribution is -2.46. The third-order valence-electron chi connectivity index (χ3n) is 4.57. The van der Waals surface area contributed by atoms with Crippen LogP contribution in [-0.4, -0.2) is 24.9 Å². The van der Waals surface area contributed by atoms with Crippen LogP contribution in [0.3, 0.4) is 0 Å². The van der Waals surface area contributed by atoms with E-state index in [4.69, 9.17) is 27.9 Å². The number of nitrogens with one attached hydrogen (secondary N) is 2. The molecule has 0 saturated carbocycles. The minimum Gasteiger partial charge on any atom is -0.466 e. The van der Waals surface area contributed by atoms with Crippen molar-refractivity contribution in [3.8, 4) is 0 Å². The smallest absolute Gasteiger partial charge is 0.338 e. The molecule has 2 N–H and O–H groups in total. The van der Waals surface area contributed by atoms with E-state index in [1.807, 2.05) is 32.0 Å². The molecule has 5 nitrogen and oxygen atoms in total. The van der Waals surface area contributed by atoms with E-state index in [1.54, 1.807) is 18.2 Å². The lowest BCUT2D eigenvalue weighted by Gasteiger charge is -2.30. The van der Waals surface area contributed by atoms with Crippen LogP contribution >= 0.6 is 35.0 Å². The molecule has 152 valence electrons. The molecule has 0 bridgehead atoms. The highest BCUT2D eigenvalue weighted by atomic mass is 35.5. The van der Waals surface area contributed by atoms with Gasteiger partial charge in [-0.3, -0.25) is 0 Å². The molecular formula is C21H20Cl2N2O3S. The Balaban J connectivity index is 2.03. The average molecular weight is 451 g/mol. The van der Waals surface area contributed by atoms with Crippen LogP contribution in [0.4, 0.5) is 4.79 Å². The molecule has 0 radical (unpaired) electrons. The molecule has 0 fully saturated rings. The molecule has 0 spiro atoms. The molecule has 2 amide bonds. The zero-order chi connectivity index (χ0) is 21.1. The van der Waals surface area contributed by atoms with Crippen molar-refractivity contribution in [2.75, 3.05) is 12.9 Å². The van der Waals surface area contributed by atoms with Gasteiger partial charge in [0.05, 0.1) is 23.7 Å². The first-order valence-corrected chi connectivity index (χ1v) is 10.6. The number of benzene rings is 2. The average Bonchev–Trinajstić information content (AvgIpc) is 2.69. The van der Waals surface area contributed by atoms with Crippen molar-refractivity contribution in [3.63, 3.8) is 0 Å². The second-order valence-corrected chi connectivity index (χ2v) is 8.50. The molecular weight excluding hydrogens is 431 g/mol. The Morgan fingerprint density at radius 2 is 1.93 bits per heavy atom. The van der Waals surface area contributed by atoms with Crippen molar-refractivity contribution in [1.29, 1.82) is 0 Å². The number of aryl methyl sites for hydroxylation is 2. The Morgan fingerprint density at radius 1 is 1.17 bits per heavy atom. The summed E-state index contributed by atoms with van der Waals surface area (Å²) in [5.41, 5.74) is 3.70. The first kappa shape index (κ1) is 21.6. The molecule has 0 aromatic heterocycles. The van der Waals surface area contributed by atoms with Crippen molar-refractivity contribution >= 4 is 47.0 Å². The van der Waals surface area contributed by atoms with Crippen molar-refractivity contribution < 1.29 is 14.3 Å². The van der Waals surface area contributed by atoms with Gasteiger partial charge in [-0.05, 0) is 43.2 Å². The van der Waals surface area contributed by atoms with Gasteiger partial charge in [0.2, 0.25) is 0 Å². The van der Waals surface area contributed by atoms with Gasteiger partial charge in [-0.1, -0.05) is 47.0 Å². The molecule has 2 aromatic carbocycles. The molecule has 2 aromatic rings. The molecule has 3 rings (SSSR count). The van der Waals surface area contributed by atoms with Crippen LogP contribution in [0.15, 0.2) is 52.6 Å². The number of methoxy groups -OCH3 is 1. The Morgan fingerprint density at radius 3 is 2.66 bits per heavy atom. The first-order chi connectivity index (χ1) is 13.8. The van der Waals surface area contributed by atoms with E-state index in [9.17, 15) is 9.59 Å². The van der Waals surface area contributed by atoms with Gasteiger partial charge in [-0.2, -0.15) is 0 Å². The fourth-order valence-electron chi connectivity index (χ4n) is 3.12. The van der Waals surface area contributed by atoms with Crippen LogP contribution in [-0.2, 0) is 9.53 Å². The number of esters is 1. The van der Waals surface area contributed by atoms with E-state index in [1.165, 1.54) is 18.9 Å². The molecule has 1 atom stereocenters. The lowest BCUT2D eigenvalue weighted by molar-refractivity contribution is -0.136. The van der Waals surface area contributed by atoms with Crippen LogP contribution < -0.4 is 10.6 Å². The fraction of sp³-hybridized carbons (Fsp3) is 0.238. The molecule has 1 unspecified atom stereocenters. The summed E-state index contributed by atoms with van der Waals surface area (Å²) in [6.45, 7) is 3.91. The summed E-state index contributed by atoms with van der Waals surface area (Å²) in [7, 11) is 1.32. The molecule has 0 saturated heterocycles. The van der Waals surface area contributed by atoms with Crippen LogP contribution in [0.1, 0.15) is 22.7 Å². The Labute approximate surface area is 183 Å². The predicted octanol–water partition coefficient (Wildman–Crippen LogP) is 5.18. The topological polar surface area (TPSA) is 67.4 Å². The van der Waals surface area contributed by atoms with Gasteiger partial charge in [0.1, 0.15) is 0 Å². The maximum absolute atomic E-state index is 12.7. The van der Waals surface area contributed by atoms with Gasteiger partial charge in [0, 0.05) is 21.4 Å². The Hall–Kier alpha value is -2.15. The maximum Gasteiger partial charge on any atom is 0.338 e. The molecule has 1 heterocycles. The number of urea groups is 1. The quantitative estimate of drug-likeness (QED) is 0.486. The van der Waals surface area contributed by atoms with Gasteiger partial charge < -0.3 is 15.4 Å². The second-order valence-electron chi connectivity index (χ2n) is 6.64. The molecule has 1 aliphatic rings. The van der Waals surface area contributed by atoms with Crippen LogP contribution in [0, 0.1) is 13.8 Å². The largest absolute Gasteiger partial charge is 0.466 e. The van der Waals surface area contributed by atoms with Crippen LogP contribution in [0.25, 0.3) is 0 Å². The van der Waals surface area contributed by atoms with Crippen molar-refractivity contribution in [3.05, 3.63) is 74.4 Å².